The van der Waals surface area contributed by atoms with Gasteiger partial charge in [0.1, 0.15) is 17.0 Å². The fourth-order valence-electron chi connectivity index (χ4n) is 4.34. The molecule has 14 heteroatoms. The molecule has 0 fully saturated rings. The van der Waals surface area contributed by atoms with Gasteiger partial charge in [-0.3, -0.25) is 9.29 Å². The lowest BCUT2D eigenvalue weighted by molar-refractivity contribution is 0.165. The molecule has 0 aliphatic heterocycles. The lowest BCUT2D eigenvalue weighted by Gasteiger charge is -2.27. The van der Waals surface area contributed by atoms with Gasteiger partial charge in [0.05, 0.1) is 19.2 Å². The molecule has 2 N–H and O–H groups in total. The second-order valence-corrected chi connectivity index (χ2v) is 10.6. The Kier molecular flexibility index (Phi) is 6.22. The van der Waals surface area contributed by atoms with Crippen LogP contribution in [0.15, 0.2) is 50.8 Å². The van der Waals surface area contributed by atoms with E-state index in [2.05, 4.69) is 19.4 Å². The van der Waals surface area contributed by atoms with Crippen molar-refractivity contribution >= 4 is 43.9 Å². The summed E-state index contributed by atoms with van der Waals surface area (Å²) >= 11 is 0.796. The molecule has 1 aliphatic rings. The molecule has 36 heavy (non-hydrogen) atoms. The molecule has 0 spiro atoms. The van der Waals surface area contributed by atoms with Crippen molar-refractivity contribution in [1.82, 2.24) is 19.2 Å². The van der Waals surface area contributed by atoms with Crippen LogP contribution < -0.4 is 15.8 Å². The van der Waals surface area contributed by atoms with Gasteiger partial charge in [-0.1, -0.05) is 18.2 Å². The zero-order chi connectivity index (χ0) is 25.4. The maximum Gasteiger partial charge on any atom is 0.420 e. The summed E-state index contributed by atoms with van der Waals surface area (Å²) in [5.74, 6) is -1.81. The van der Waals surface area contributed by atoms with Gasteiger partial charge in [-0.15, -0.1) is 0 Å². The van der Waals surface area contributed by atoms with Crippen LogP contribution in [0.4, 0.5) is 14.3 Å². The molecular formula is C22H20FN5O6S2. The van der Waals surface area contributed by atoms with E-state index in [9.17, 15) is 22.4 Å². The lowest BCUT2D eigenvalue weighted by Crippen LogP contribution is -2.39. The maximum absolute atomic E-state index is 15.0. The minimum absolute atomic E-state index is 0.0256. The zero-order valence-electron chi connectivity index (χ0n) is 18.9. The fourth-order valence-corrected chi connectivity index (χ4v) is 6.07. The van der Waals surface area contributed by atoms with Gasteiger partial charge in [0.2, 0.25) is 5.13 Å². The Morgan fingerprint density at radius 1 is 1.36 bits per heavy atom. The minimum atomic E-state index is -4.33. The molecule has 1 unspecified atom stereocenters. The van der Waals surface area contributed by atoms with Gasteiger partial charge < -0.3 is 14.5 Å². The number of carbonyl (C=O) groups excluding carboxylic acids is 1. The summed E-state index contributed by atoms with van der Waals surface area (Å²) in [6.07, 6.45) is 2.67. The number of benzene rings is 2. The Morgan fingerprint density at radius 2 is 2.19 bits per heavy atom. The van der Waals surface area contributed by atoms with Crippen molar-refractivity contribution in [3.8, 4) is 0 Å². The smallest absolute Gasteiger partial charge is 0.420 e. The Hall–Kier alpha value is -3.78. The molecule has 2 aromatic heterocycles. The van der Waals surface area contributed by atoms with Crippen molar-refractivity contribution in [1.29, 1.82) is 0 Å². The molecule has 0 bridgehead atoms. The number of oxazole rings is 1. The molecule has 2 heterocycles. The Labute approximate surface area is 208 Å². The van der Waals surface area contributed by atoms with Crippen LogP contribution in [0.2, 0.25) is 0 Å². The SMILES string of the molecule is COC(=O)NC1CCc2cccc(Cn3c(=O)oc4cc(S(=O)(=O)Nc5ncns5)c(F)cc43)c2C1. The molecule has 0 saturated heterocycles. The van der Waals surface area contributed by atoms with Crippen molar-refractivity contribution in [3.63, 3.8) is 0 Å². The van der Waals surface area contributed by atoms with E-state index in [0.717, 1.165) is 59.5 Å². The second kappa shape index (κ2) is 9.35. The number of fused-ring (bicyclic) bond motifs is 2. The van der Waals surface area contributed by atoms with E-state index in [4.69, 9.17) is 9.15 Å². The number of nitrogens with one attached hydrogen (secondary N) is 2. The third kappa shape index (κ3) is 4.56. The standard InChI is InChI=1S/C22H20FN5O6S2/c1-33-21(29)26-14-6-5-12-3-2-4-13(15(12)7-14)10-28-17-8-16(23)19(9-18(17)34-22(28)30)36(31,32)27-20-24-11-25-35-20/h2-4,8-9,11,14H,5-7,10H2,1H3,(H,26,29)(H,24,25,27). The highest BCUT2D eigenvalue weighted by Gasteiger charge is 2.26. The summed E-state index contributed by atoms with van der Waals surface area (Å²) in [6.45, 7) is 0.0779. The minimum Gasteiger partial charge on any atom is -0.453 e. The van der Waals surface area contributed by atoms with Crippen LogP contribution in [0.3, 0.4) is 0 Å². The average Bonchev–Trinajstić information content (AvgIpc) is 3.45. The van der Waals surface area contributed by atoms with Crippen LogP contribution in [0.5, 0.6) is 0 Å². The number of carbonyl (C=O) groups is 1. The Bertz CT molecular complexity index is 1610. The number of hydrogen-bond donors (Lipinski definition) is 2. The third-order valence-electron chi connectivity index (χ3n) is 6.01. The monoisotopic (exact) mass is 533 g/mol. The first-order valence-corrected chi connectivity index (χ1v) is 13.1. The van der Waals surface area contributed by atoms with Crippen molar-refractivity contribution in [2.75, 3.05) is 11.8 Å². The predicted molar refractivity (Wildman–Crippen MR) is 128 cm³/mol. The lowest BCUT2D eigenvalue weighted by atomic mass is 9.85. The summed E-state index contributed by atoms with van der Waals surface area (Å²) in [6, 6.07) is 7.53. The first-order chi connectivity index (χ1) is 17.2. The van der Waals surface area contributed by atoms with Crippen LogP contribution >= 0.6 is 11.5 Å². The van der Waals surface area contributed by atoms with Crippen molar-refractivity contribution < 1.29 is 26.8 Å². The summed E-state index contributed by atoms with van der Waals surface area (Å²) in [5, 5.41) is 2.79. The zero-order valence-corrected chi connectivity index (χ0v) is 20.5. The summed E-state index contributed by atoms with van der Waals surface area (Å²) in [4.78, 5) is 27.4. The van der Waals surface area contributed by atoms with Gasteiger partial charge in [0, 0.05) is 29.7 Å². The highest BCUT2D eigenvalue weighted by atomic mass is 32.2. The van der Waals surface area contributed by atoms with Crippen LogP contribution in [-0.4, -0.2) is 41.6 Å². The van der Waals surface area contributed by atoms with Gasteiger partial charge in [-0.25, -0.2) is 27.4 Å². The number of hydrogen-bond acceptors (Lipinski definition) is 9. The van der Waals surface area contributed by atoms with Crippen LogP contribution in [0, 0.1) is 5.82 Å². The molecule has 1 aliphatic carbocycles. The van der Waals surface area contributed by atoms with Crippen molar-refractivity contribution in [2.24, 2.45) is 0 Å². The van der Waals surface area contributed by atoms with Crippen LogP contribution in [0.1, 0.15) is 23.1 Å². The van der Waals surface area contributed by atoms with Gasteiger partial charge in [0.15, 0.2) is 5.58 Å². The first kappa shape index (κ1) is 23.9. The van der Waals surface area contributed by atoms with Gasteiger partial charge in [-0.05, 0) is 36.0 Å². The number of anilines is 1. The summed E-state index contributed by atoms with van der Waals surface area (Å²) < 4.78 is 57.4. The molecule has 0 radical (unpaired) electrons. The number of alkyl carbamates (subject to hydrolysis) is 1. The van der Waals surface area contributed by atoms with E-state index < -0.39 is 32.6 Å². The molecular weight excluding hydrogens is 513 g/mol. The number of ether oxygens (including phenoxy) is 1. The van der Waals surface area contributed by atoms with E-state index >= 15 is 0 Å². The molecule has 1 atom stereocenters. The molecule has 1 amide bonds. The molecule has 4 aromatic rings. The van der Waals surface area contributed by atoms with Crippen molar-refractivity contribution in [2.45, 2.75) is 36.7 Å². The molecule has 0 saturated carbocycles. The van der Waals surface area contributed by atoms with E-state index in [-0.39, 0.29) is 28.8 Å². The number of amides is 1. The molecule has 5 rings (SSSR count). The highest BCUT2D eigenvalue weighted by molar-refractivity contribution is 7.93. The van der Waals surface area contributed by atoms with Gasteiger partial charge in [-0.2, -0.15) is 4.37 Å². The number of nitrogens with zero attached hydrogens (tertiary/aromatic N) is 3. The first-order valence-electron chi connectivity index (χ1n) is 10.8. The molecule has 11 nitrogen and oxygen atoms in total. The number of aromatic nitrogens is 3. The fraction of sp³-hybridized carbons (Fsp3) is 0.273. The second-order valence-electron chi connectivity index (χ2n) is 8.19. The highest BCUT2D eigenvalue weighted by Crippen LogP contribution is 2.28. The van der Waals surface area contributed by atoms with Crippen LogP contribution in [0.25, 0.3) is 11.1 Å². The number of aryl methyl sites for hydroxylation is 1. The maximum atomic E-state index is 15.0. The van der Waals surface area contributed by atoms with E-state index in [1.807, 2.05) is 18.2 Å². The van der Waals surface area contributed by atoms with E-state index in [0.29, 0.717) is 6.42 Å². The third-order valence-corrected chi connectivity index (χ3v) is 8.08. The van der Waals surface area contributed by atoms with Gasteiger partial charge >= 0.3 is 11.8 Å². The Balaban J connectivity index is 1.48. The summed E-state index contributed by atoms with van der Waals surface area (Å²) in [5.41, 5.74) is 2.92. The van der Waals surface area contributed by atoms with E-state index in [1.165, 1.54) is 11.7 Å². The normalized spacial score (nSPS) is 15.4. The number of methoxy groups -OCH3 is 1. The quantitative estimate of drug-likeness (QED) is 0.385. The largest absolute Gasteiger partial charge is 0.453 e. The van der Waals surface area contributed by atoms with Crippen molar-refractivity contribution in [3.05, 3.63) is 69.7 Å². The summed E-state index contributed by atoms with van der Waals surface area (Å²) in [7, 11) is -3.03. The van der Waals surface area contributed by atoms with Crippen LogP contribution in [-0.2, 0) is 34.1 Å². The van der Waals surface area contributed by atoms with E-state index in [1.54, 1.807) is 0 Å². The van der Waals surface area contributed by atoms with Gasteiger partial charge in [0.25, 0.3) is 10.0 Å². The number of rotatable bonds is 6. The molecule has 2 aromatic carbocycles. The number of halogens is 1. The number of sulfonamides is 1. The Morgan fingerprint density at radius 3 is 2.94 bits per heavy atom. The average molecular weight is 534 g/mol. The topological polar surface area (TPSA) is 145 Å². The molecule has 188 valence electrons. The predicted octanol–water partition coefficient (Wildman–Crippen LogP) is 2.65.